The summed E-state index contributed by atoms with van der Waals surface area (Å²) in [6, 6.07) is 13.5. The van der Waals surface area contributed by atoms with Gasteiger partial charge in [-0.15, -0.1) is 0 Å². The van der Waals surface area contributed by atoms with E-state index in [0.29, 0.717) is 5.75 Å². The van der Waals surface area contributed by atoms with Gasteiger partial charge in [0.05, 0.1) is 13.2 Å². The molecule has 2 aromatic rings. The number of fused-ring (bicyclic) bond motifs is 1. The van der Waals surface area contributed by atoms with Gasteiger partial charge >= 0.3 is 0 Å². The molecule has 1 N–H and O–H groups in total. The van der Waals surface area contributed by atoms with Gasteiger partial charge in [0.25, 0.3) is 5.91 Å². The van der Waals surface area contributed by atoms with Crippen LogP contribution in [0.25, 0.3) is 10.8 Å². The van der Waals surface area contributed by atoms with Crippen LogP contribution in [0.3, 0.4) is 0 Å². The number of ether oxygens (including phenoxy) is 2. The van der Waals surface area contributed by atoms with Crippen LogP contribution < -0.4 is 14.8 Å². The third kappa shape index (κ3) is 3.96. The van der Waals surface area contributed by atoms with Gasteiger partial charge in [-0.2, -0.15) is 5.26 Å². The summed E-state index contributed by atoms with van der Waals surface area (Å²) in [7, 11) is 1.62. The van der Waals surface area contributed by atoms with Gasteiger partial charge in [-0.25, -0.2) is 0 Å². The molecule has 0 fully saturated rings. The van der Waals surface area contributed by atoms with E-state index in [1.807, 2.05) is 50.2 Å². The van der Waals surface area contributed by atoms with E-state index in [0.717, 1.165) is 16.5 Å². The maximum Gasteiger partial charge on any atom is 0.259 e. The number of methoxy groups -OCH3 is 1. The first kappa shape index (κ1) is 17.6. The summed E-state index contributed by atoms with van der Waals surface area (Å²) in [4.78, 5) is 12.1. The topological polar surface area (TPSA) is 71.3 Å². The van der Waals surface area contributed by atoms with E-state index in [-0.39, 0.29) is 18.4 Å². The van der Waals surface area contributed by atoms with Gasteiger partial charge in [0.1, 0.15) is 17.0 Å². The highest BCUT2D eigenvalue weighted by molar-refractivity contribution is 5.85. The number of nitrogens with zero attached hydrogens (tertiary/aromatic N) is 1. The second kappa shape index (κ2) is 7.22. The zero-order valence-electron chi connectivity index (χ0n) is 14.4. The van der Waals surface area contributed by atoms with Crippen LogP contribution in [0.4, 0.5) is 0 Å². The summed E-state index contributed by atoms with van der Waals surface area (Å²) in [5.74, 6) is 1.03. The number of hydrogen-bond acceptors (Lipinski definition) is 4. The molecule has 2 rings (SSSR count). The first-order valence-corrected chi connectivity index (χ1v) is 7.81. The van der Waals surface area contributed by atoms with Crippen molar-refractivity contribution in [3.8, 4) is 17.6 Å². The maximum atomic E-state index is 12.1. The zero-order valence-corrected chi connectivity index (χ0v) is 14.4. The minimum absolute atomic E-state index is 0.000385. The summed E-state index contributed by atoms with van der Waals surface area (Å²) >= 11 is 0. The van der Waals surface area contributed by atoms with Crippen LogP contribution in [0.5, 0.6) is 11.5 Å². The average Bonchev–Trinajstić information content (AvgIpc) is 2.58. The van der Waals surface area contributed by atoms with Crippen LogP contribution >= 0.6 is 0 Å². The second-order valence-corrected chi connectivity index (χ2v) is 6.18. The summed E-state index contributed by atoms with van der Waals surface area (Å²) < 4.78 is 10.8. The van der Waals surface area contributed by atoms with E-state index < -0.39 is 5.54 Å². The normalized spacial score (nSPS) is 13.2. The first-order valence-electron chi connectivity index (χ1n) is 7.81. The molecule has 0 aliphatic heterocycles. The maximum absolute atomic E-state index is 12.1. The smallest absolute Gasteiger partial charge is 0.259 e. The number of rotatable bonds is 6. The Labute approximate surface area is 142 Å². The lowest BCUT2D eigenvalue weighted by Crippen LogP contribution is -2.50. The van der Waals surface area contributed by atoms with Gasteiger partial charge < -0.3 is 14.8 Å². The minimum atomic E-state index is -0.906. The van der Waals surface area contributed by atoms with Gasteiger partial charge in [-0.3, -0.25) is 4.79 Å². The molecule has 0 spiro atoms. The van der Waals surface area contributed by atoms with E-state index in [2.05, 4.69) is 11.4 Å². The predicted molar refractivity (Wildman–Crippen MR) is 93.0 cm³/mol. The van der Waals surface area contributed by atoms with Gasteiger partial charge in [0.15, 0.2) is 6.61 Å². The van der Waals surface area contributed by atoms with Crippen LogP contribution in [-0.4, -0.2) is 25.2 Å². The van der Waals surface area contributed by atoms with E-state index in [9.17, 15) is 10.1 Å². The van der Waals surface area contributed by atoms with Crippen LogP contribution in [0.1, 0.15) is 20.8 Å². The minimum Gasteiger partial charge on any atom is -0.497 e. The van der Waals surface area contributed by atoms with Crippen molar-refractivity contribution in [2.75, 3.05) is 13.7 Å². The lowest BCUT2D eigenvalue weighted by atomic mass is 9.90. The second-order valence-electron chi connectivity index (χ2n) is 6.18. The number of benzene rings is 2. The van der Waals surface area contributed by atoms with Crippen molar-refractivity contribution in [1.29, 1.82) is 5.26 Å². The molecule has 0 heterocycles. The summed E-state index contributed by atoms with van der Waals surface area (Å²) in [5, 5.41) is 14.0. The highest BCUT2D eigenvalue weighted by Crippen LogP contribution is 2.25. The fourth-order valence-corrected chi connectivity index (χ4v) is 2.20. The first-order chi connectivity index (χ1) is 11.4. The van der Waals surface area contributed by atoms with Crippen LogP contribution in [0.15, 0.2) is 36.4 Å². The molecule has 2 aromatic carbocycles. The predicted octanol–water partition coefficient (Wildman–Crippen LogP) is 3.28. The third-order valence-corrected chi connectivity index (χ3v) is 4.17. The highest BCUT2D eigenvalue weighted by Gasteiger charge is 2.29. The number of amides is 1. The van der Waals surface area contributed by atoms with Crippen LogP contribution in [0.2, 0.25) is 0 Å². The number of nitriles is 1. The van der Waals surface area contributed by atoms with Crippen molar-refractivity contribution < 1.29 is 14.3 Å². The Morgan fingerprint density at radius 2 is 1.83 bits per heavy atom. The van der Waals surface area contributed by atoms with Crippen molar-refractivity contribution in [2.45, 2.75) is 26.3 Å². The fraction of sp³-hybridized carbons (Fsp3) is 0.368. The van der Waals surface area contributed by atoms with Crippen molar-refractivity contribution in [3.05, 3.63) is 36.4 Å². The Balaban J connectivity index is 2.05. The average molecular weight is 326 g/mol. The SMILES string of the molecule is COc1ccc2ccc(OCC(=O)N[C@@](C)(C#N)C(C)C)cc2c1. The molecule has 0 saturated carbocycles. The molecule has 0 aromatic heterocycles. The Morgan fingerprint density at radius 3 is 2.42 bits per heavy atom. The molecule has 1 atom stereocenters. The number of carbonyl (C=O) groups excluding carboxylic acids is 1. The molecule has 5 nitrogen and oxygen atoms in total. The molecular weight excluding hydrogens is 304 g/mol. The largest absolute Gasteiger partial charge is 0.497 e. The lowest BCUT2D eigenvalue weighted by molar-refractivity contribution is -0.124. The molecule has 0 aliphatic carbocycles. The third-order valence-electron chi connectivity index (χ3n) is 4.17. The van der Waals surface area contributed by atoms with Crippen LogP contribution in [0, 0.1) is 17.2 Å². The van der Waals surface area contributed by atoms with Crippen molar-refractivity contribution in [2.24, 2.45) is 5.92 Å². The summed E-state index contributed by atoms with van der Waals surface area (Å²) in [6.45, 7) is 5.35. The Bertz CT molecular complexity index is 780. The molecule has 0 radical (unpaired) electrons. The van der Waals surface area contributed by atoms with Gasteiger partial charge in [0, 0.05) is 0 Å². The van der Waals surface area contributed by atoms with E-state index in [4.69, 9.17) is 9.47 Å². The molecular formula is C19H22N2O3. The Hall–Kier alpha value is -2.74. The van der Waals surface area contributed by atoms with Crippen molar-refractivity contribution in [3.63, 3.8) is 0 Å². The zero-order chi connectivity index (χ0) is 17.7. The van der Waals surface area contributed by atoms with Gasteiger partial charge in [-0.1, -0.05) is 26.0 Å². The monoisotopic (exact) mass is 326 g/mol. The van der Waals surface area contributed by atoms with Gasteiger partial charge in [0.2, 0.25) is 0 Å². The number of carbonyl (C=O) groups is 1. The molecule has 1 amide bonds. The molecule has 126 valence electrons. The summed E-state index contributed by atoms with van der Waals surface area (Å²) in [6.07, 6.45) is 0. The fourth-order valence-electron chi connectivity index (χ4n) is 2.20. The Morgan fingerprint density at radius 1 is 1.21 bits per heavy atom. The highest BCUT2D eigenvalue weighted by atomic mass is 16.5. The molecule has 0 aliphatic rings. The van der Waals surface area contributed by atoms with Crippen LogP contribution in [-0.2, 0) is 4.79 Å². The number of hydrogen-bond donors (Lipinski definition) is 1. The molecule has 0 unspecified atom stereocenters. The molecule has 0 saturated heterocycles. The quantitative estimate of drug-likeness (QED) is 0.884. The van der Waals surface area contributed by atoms with E-state index in [1.54, 1.807) is 14.0 Å². The molecule has 5 heteroatoms. The number of nitrogens with one attached hydrogen (secondary N) is 1. The molecule has 24 heavy (non-hydrogen) atoms. The van der Waals surface area contributed by atoms with Crippen molar-refractivity contribution >= 4 is 16.7 Å². The summed E-state index contributed by atoms with van der Waals surface area (Å²) in [5.41, 5.74) is -0.906. The Kier molecular flexibility index (Phi) is 5.30. The van der Waals surface area contributed by atoms with E-state index >= 15 is 0 Å². The lowest BCUT2D eigenvalue weighted by Gasteiger charge is -2.27. The standard InChI is InChI=1S/C19H22N2O3/c1-13(2)19(3,12-20)21-18(22)11-24-17-8-6-14-5-7-16(23-4)9-15(14)10-17/h5-10,13H,11H2,1-4H3,(H,21,22)/t19-/m0/s1. The molecule has 0 bridgehead atoms. The van der Waals surface area contributed by atoms with Crippen molar-refractivity contribution in [1.82, 2.24) is 5.32 Å². The van der Waals surface area contributed by atoms with E-state index in [1.165, 1.54) is 0 Å². The van der Waals surface area contributed by atoms with Gasteiger partial charge in [-0.05, 0) is 47.9 Å².